The molecule has 0 aliphatic heterocycles. The maximum absolute atomic E-state index is 12.3. The third-order valence-corrected chi connectivity index (χ3v) is 1.65. The number of rotatable bonds is 5. The van der Waals surface area contributed by atoms with Gasteiger partial charge in [0.2, 0.25) is 5.60 Å². The van der Waals surface area contributed by atoms with Crippen molar-refractivity contribution in [2.75, 3.05) is 6.61 Å². The van der Waals surface area contributed by atoms with Gasteiger partial charge in [0, 0.05) is 0 Å². The first-order chi connectivity index (χ1) is 5.93. The molecule has 0 unspecified atom stereocenters. The zero-order valence-electron chi connectivity index (χ0n) is 7.23. The minimum Gasteiger partial charge on any atom is -0.355 e. The van der Waals surface area contributed by atoms with Gasteiger partial charge in [-0.1, -0.05) is 13.0 Å². The van der Waals surface area contributed by atoms with Gasteiger partial charge in [-0.2, -0.15) is 13.2 Å². The quantitative estimate of drug-likeness (QED) is 0.497. The van der Waals surface area contributed by atoms with Crippen LogP contribution >= 0.6 is 0 Å². The Kier molecular flexibility index (Phi) is 4.13. The van der Waals surface area contributed by atoms with E-state index in [1.165, 1.54) is 13.0 Å². The molecule has 0 aromatic heterocycles. The summed E-state index contributed by atoms with van der Waals surface area (Å²) in [5.41, 5.74) is -2.68. The molecule has 0 saturated carbocycles. The minimum absolute atomic E-state index is 0.212. The van der Waals surface area contributed by atoms with Gasteiger partial charge in [0.15, 0.2) is 6.29 Å². The third kappa shape index (κ3) is 2.55. The first-order valence-electron chi connectivity index (χ1n) is 3.71. The van der Waals surface area contributed by atoms with Crippen molar-refractivity contribution in [1.29, 1.82) is 0 Å². The van der Waals surface area contributed by atoms with Gasteiger partial charge in [-0.3, -0.25) is 4.79 Å². The summed E-state index contributed by atoms with van der Waals surface area (Å²) in [6.07, 6.45) is -4.16. The molecule has 0 bridgehead atoms. The van der Waals surface area contributed by atoms with Gasteiger partial charge in [-0.25, -0.2) is 0 Å². The molecule has 0 aliphatic rings. The first-order valence-corrected chi connectivity index (χ1v) is 3.71. The molecular weight excluding hydrogens is 185 g/mol. The van der Waals surface area contributed by atoms with Crippen LogP contribution in [0.25, 0.3) is 0 Å². The fourth-order valence-corrected chi connectivity index (χ4v) is 0.776. The van der Waals surface area contributed by atoms with E-state index >= 15 is 0 Å². The Labute approximate surface area is 74.4 Å². The van der Waals surface area contributed by atoms with E-state index in [1.807, 2.05) is 0 Å². The molecule has 0 aromatic rings. The van der Waals surface area contributed by atoms with Crippen molar-refractivity contribution >= 4 is 6.29 Å². The van der Waals surface area contributed by atoms with E-state index in [4.69, 9.17) is 0 Å². The molecule has 0 amide bonds. The van der Waals surface area contributed by atoms with Gasteiger partial charge in [0.1, 0.15) is 0 Å². The predicted molar refractivity (Wildman–Crippen MR) is 41.3 cm³/mol. The highest BCUT2D eigenvalue weighted by Gasteiger charge is 2.55. The molecule has 0 saturated heterocycles. The second-order valence-corrected chi connectivity index (χ2v) is 2.46. The average molecular weight is 196 g/mol. The maximum atomic E-state index is 12.3. The number of hydrogen-bond acceptors (Lipinski definition) is 2. The number of halogens is 3. The molecule has 0 rings (SSSR count). The van der Waals surface area contributed by atoms with Crippen LogP contribution in [0.4, 0.5) is 13.2 Å². The third-order valence-electron chi connectivity index (χ3n) is 1.65. The normalized spacial score (nSPS) is 16.3. The van der Waals surface area contributed by atoms with E-state index in [9.17, 15) is 18.0 Å². The molecule has 5 heteroatoms. The van der Waals surface area contributed by atoms with Crippen LogP contribution in [0.1, 0.15) is 13.3 Å². The van der Waals surface area contributed by atoms with Gasteiger partial charge in [-0.15, -0.1) is 6.58 Å². The second-order valence-electron chi connectivity index (χ2n) is 2.46. The lowest BCUT2D eigenvalue weighted by Crippen LogP contribution is -2.48. The van der Waals surface area contributed by atoms with E-state index in [1.54, 1.807) is 0 Å². The second kappa shape index (κ2) is 4.41. The molecule has 0 aliphatic carbocycles. The Morgan fingerprint density at radius 3 is 2.23 bits per heavy atom. The smallest absolute Gasteiger partial charge is 0.355 e. The molecule has 13 heavy (non-hydrogen) atoms. The molecule has 0 aromatic carbocycles. The highest BCUT2D eigenvalue weighted by atomic mass is 19.4. The zero-order valence-corrected chi connectivity index (χ0v) is 7.23. The summed E-state index contributed by atoms with van der Waals surface area (Å²) >= 11 is 0. The molecule has 0 radical (unpaired) electrons. The molecule has 76 valence electrons. The molecule has 1 atom stereocenters. The topological polar surface area (TPSA) is 26.3 Å². The summed E-state index contributed by atoms with van der Waals surface area (Å²) in [5, 5.41) is 0. The molecule has 0 fully saturated rings. The van der Waals surface area contributed by atoms with Crippen molar-refractivity contribution in [2.24, 2.45) is 0 Å². The Hall–Kier alpha value is -0.840. The summed E-state index contributed by atoms with van der Waals surface area (Å²) in [5.74, 6) is 0. The van der Waals surface area contributed by atoms with Crippen LogP contribution in [0.15, 0.2) is 12.7 Å². The van der Waals surface area contributed by atoms with Gasteiger partial charge >= 0.3 is 6.18 Å². The van der Waals surface area contributed by atoms with Crippen LogP contribution in [0.2, 0.25) is 0 Å². The van der Waals surface area contributed by atoms with Crippen molar-refractivity contribution in [3.8, 4) is 0 Å². The lowest BCUT2D eigenvalue weighted by atomic mass is 10.0. The van der Waals surface area contributed by atoms with Crippen molar-refractivity contribution < 1.29 is 22.7 Å². The van der Waals surface area contributed by atoms with Gasteiger partial charge in [-0.05, 0) is 6.42 Å². The fraction of sp³-hybridized carbons (Fsp3) is 0.625. The number of ether oxygens (including phenoxy) is 1. The van der Waals surface area contributed by atoms with Crippen LogP contribution in [0.5, 0.6) is 0 Å². The largest absolute Gasteiger partial charge is 0.424 e. The van der Waals surface area contributed by atoms with E-state index < -0.39 is 18.2 Å². The molecular formula is C8H11F3O2. The molecule has 2 nitrogen and oxygen atoms in total. The highest BCUT2D eigenvalue weighted by molar-refractivity contribution is 5.64. The Bertz CT molecular complexity index is 188. The summed E-state index contributed by atoms with van der Waals surface area (Å²) in [6, 6.07) is 0. The van der Waals surface area contributed by atoms with E-state index in [0.717, 1.165) is 0 Å². The monoisotopic (exact) mass is 196 g/mol. The van der Waals surface area contributed by atoms with Crippen molar-refractivity contribution in [3.63, 3.8) is 0 Å². The predicted octanol–water partition coefficient (Wildman–Crippen LogP) is 2.10. The van der Waals surface area contributed by atoms with Crippen LogP contribution in [0, 0.1) is 0 Å². The standard InChI is InChI=1S/C8H11F3O2/c1-3-5-13-7(4-2,6-12)8(9,10)11/h3,6H,1,4-5H2,2H3/t7-/m1/s1. The number of carbonyl (C=O) groups excluding carboxylic acids is 1. The van der Waals surface area contributed by atoms with Crippen LogP contribution in [-0.2, 0) is 9.53 Å². The summed E-state index contributed by atoms with van der Waals surface area (Å²) in [7, 11) is 0. The number of hydrogen-bond donors (Lipinski definition) is 0. The highest BCUT2D eigenvalue weighted by Crippen LogP contribution is 2.34. The summed E-state index contributed by atoms with van der Waals surface area (Å²) in [6.45, 7) is 4.15. The van der Waals surface area contributed by atoms with E-state index in [-0.39, 0.29) is 12.9 Å². The Balaban J connectivity index is 4.69. The molecule has 0 heterocycles. The van der Waals surface area contributed by atoms with Crippen molar-refractivity contribution in [3.05, 3.63) is 12.7 Å². The van der Waals surface area contributed by atoms with E-state index in [0.29, 0.717) is 0 Å². The maximum Gasteiger partial charge on any atom is 0.424 e. The van der Waals surface area contributed by atoms with Crippen molar-refractivity contribution in [2.45, 2.75) is 25.1 Å². The van der Waals surface area contributed by atoms with Crippen molar-refractivity contribution in [1.82, 2.24) is 0 Å². The summed E-state index contributed by atoms with van der Waals surface area (Å²) in [4.78, 5) is 10.3. The van der Waals surface area contributed by atoms with Crippen LogP contribution < -0.4 is 0 Å². The SMILES string of the molecule is C=CCO[C@@](C=O)(CC)C(F)(F)F. The van der Waals surface area contributed by atoms with Gasteiger partial charge in [0.25, 0.3) is 0 Å². The molecule has 0 N–H and O–H groups in total. The van der Waals surface area contributed by atoms with E-state index in [2.05, 4.69) is 11.3 Å². The number of aldehydes is 1. The van der Waals surface area contributed by atoms with Gasteiger partial charge < -0.3 is 4.74 Å². The molecule has 0 spiro atoms. The van der Waals surface area contributed by atoms with Crippen LogP contribution in [0.3, 0.4) is 0 Å². The Morgan fingerprint density at radius 2 is 2.00 bits per heavy atom. The summed E-state index contributed by atoms with van der Waals surface area (Å²) < 4.78 is 41.4. The van der Waals surface area contributed by atoms with Crippen LogP contribution in [-0.4, -0.2) is 24.7 Å². The zero-order chi connectivity index (χ0) is 10.5. The lowest BCUT2D eigenvalue weighted by Gasteiger charge is -2.28. The number of carbonyl (C=O) groups is 1. The minimum atomic E-state index is -4.67. The fourth-order valence-electron chi connectivity index (χ4n) is 0.776. The first kappa shape index (κ1) is 12.2. The average Bonchev–Trinajstić information content (AvgIpc) is 2.05. The number of alkyl halides is 3. The van der Waals surface area contributed by atoms with Gasteiger partial charge in [0.05, 0.1) is 6.61 Å². The Morgan fingerprint density at radius 1 is 1.46 bits per heavy atom. The lowest BCUT2D eigenvalue weighted by molar-refractivity contribution is -0.258.